The number of benzene rings is 10. The van der Waals surface area contributed by atoms with Crippen molar-refractivity contribution in [2.45, 2.75) is 0 Å². The average molecular weight is 752 g/mol. The van der Waals surface area contributed by atoms with Crippen molar-refractivity contribution in [3.05, 3.63) is 211 Å². The lowest BCUT2D eigenvalue weighted by Crippen LogP contribution is -2.19. The van der Waals surface area contributed by atoms with Crippen molar-refractivity contribution in [3.8, 4) is 17.1 Å². The maximum atomic E-state index is 15.3. The van der Waals surface area contributed by atoms with Gasteiger partial charge >= 0.3 is 0 Å². The minimum Gasteiger partial charge on any atom is -0.309 e. The molecule has 0 unspecified atom stereocenters. The van der Waals surface area contributed by atoms with Crippen LogP contribution in [-0.2, 0) is 0 Å². The molecule has 0 N–H and O–H groups in total. The summed E-state index contributed by atoms with van der Waals surface area (Å²) in [5.41, 5.74) is 8.09. The molecule has 0 saturated heterocycles. The Morgan fingerprint density at radius 2 is 0.610 bits per heavy atom. The number of fused-ring (bicyclic) bond motifs is 15. The van der Waals surface area contributed by atoms with Crippen LogP contribution in [0.5, 0.6) is 0 Å². The average Bonchev–Trinajstić information content (AvgIpc) is 3.80. The normalized spacial score (nSPS) is 12.1. The fourth-order valence-electron chi connectivity index (χ4n) is 10.1. The van der Waals surface area contributed by atoms with E-state index in [0.717, 1.165) is 71.6 Å². The van der Waals surface area contributed by atoms with Crippen molar-refractivity contribution in [1.82, 2.24) is 13.7 Å². The van der Waals surface area contributed by atoms with E-state index in [-0.39, 0.29) is 5.56 Å². The smallest absolute Gasteiger partial charge is 0.263 e. The van der Waals surface area contributed by atoms with Crippen LogP contribution in [-0.4, -0.2) is 13.7 Å². The second-order valence-electron chi connectivity index (χ2n) is 15.6. The number of para-hydroxylation sites is 4. The largest absolute Gasteiger partial charge is 0.309 e. The molecular weight excluding hydrogens is 719 g/mol. The first-order chi connectivity index (χ1) is 29.2. The Morgan fingerprint density at radius 1 is 0.220 bits per heavy atom. The number of aromatic nitrogens is 3. The zero-order valence-electron chi connectivity index (χ0n) is 31.8. The van der Waals surface area contributed by atoms with Gasteiger partial charge in [-0.15, -0.1) is 0 Å². The molecule has 274 valence electrons. The highest BCUT2D eigenvalue weighted by Crippen LogP contribution is 2.42. The predicted octanol–water partition coefficient (Wildman–Crippen LogP) is 13.8. The number of rotatable bonds is 3. The number of hydrogen-bond acceptors (Lipinski definition) is 1. The Hall–Kier alpha value is -7.95. The highest BCUT2D eigenvalue weighted by molar-refractivity contribution is 6.26. The quantitative estimate of drug-likeness (QED) is 0.165. The second-order valence-corrected chi connectivity index (χ2v) is 15.6. The van der Waals surface area contributed by atoms with E-state index in [1.54, 1.807) is 0 Å². The number of pyridine rings is 1. The summed E-state index contributed by atoms with van der Waals surface area (Å²) in [6.07, 6.45) is 0. The summed E-state index contributed by atoms with van der Waals surface area (Å²) in [4.78, 5) is 15.3. The molecule has 0 amide bonds. The van der Waals surface area contributed by atoms with Crippen LogP contribution in [0.25, 0.3) is 115 Å². The zero-order chi connectivity index (χ0) is 38.8. The molecule has 4 heteroatoms. The van der Waals surface area contributed by atoms with Gasteiger partial charge < -0.3 is 9.13 Å². The Kier molecular flexibility index (Phi) is 6.56. The third kappa shape index (κ3) is 4.46. The van der Waals surface area contributed by atoms with Crippen LogP contribution in [0, 0.1) is 0 Å². The van der Waals surface area contributed by atoms with Gasteiger partial charge in [-0.2, -0.15) is 0 Å². The molecule has 59 heavy (non-hydrogen) atoms. The van der Waals surface area contributed by atoms with Gasteiger partial charge in [-0.1, -0.05) is 127 Å². The fourth-order valence-corrected chi connectivity index (χ4v) is 10.1. The van der Waals surface area contributed by atoms with Crippen molar-refractivity contribution in [2.75, 3.05) is 0 Å². The maximum Gasteiger partial charge on any atom is 0.263 e. The van der Waals surface area contributed by atoms with Gasteiger partial charge in [-0.3, -0.25) is 9.36 Å². The van der Waals surface area contributed by atoms with Crippen molar-refractivity contribution in [3.63, 3.8) is 0 Å². The van der Waals surface area contributed by atoms with E-state index in [2.05, 4.69) is 173 Å². The Balaban J connectivity index is 1.17. The second kappa shape index (κ2) is 12.0. The van der Waals surface area contributed by atoms with Crippen molar-refractivity contribution < 1.29 is 0 Å². The standard InChI is InChI=1S/C55H33N3O/c59-55-49-32-52-46(42-23-12-14-26-51(42)57(52)36-27-28-41-39-21-8-7-19-37(39)38-20-9-10-22-40(38)44(41)29-36)30-45(49)48-31-47-43-24-11-13-25-50(43)56(34-15-3-1-4-16-34)53(47)33-54(48)58(55)35-17-5-2-6-18-35/h1-33H. The minimum atomic E-state index is -0.0462. The molecule has 0 saturated carbocycles. The Bertz CT molecular complexity index is 3930. The van der Waals surface area contributed by atoms with Gasteiger partial charge in [0.05, 0.1) is 33.0 Å². The summed E-state index contributed by atoms with van der Waals surface area (Å²) in [5.74, 6) is 0. The molecule has 3 heterocycles. The van der Waals surface area contributed by atoms with Crippen molar-refractivity contribution in [1.29, 1.82) is 0 Å². The van der Waals surface area contributed by atoms with Crippen LogP contribution in [0.15, 0.2) is 205 Å². The Morgan fingerprint density at radius 3 is 1.20 bits per heavy atom. The van der Waals surface area contributed by atoms with E-state index < -0.39 is 0 Å². The highest BCUT2D eigenvalue weighted by Gasteiger charge is 2.21. The molecule has 0 radical (unpaired) electrons. The van der Waals surface area contributed by atoms with E-state index in [4.69, 9.17) is 0 Å². The highest BCUT2D eigenvalue weighted by atomic mass is 16.1. The predicted molar refractivity (Wildman–Crippen MR) is 248 cm³/mol. The lowest BCUT2D eigenvalue weighted by molar-refractivity contribution is 1.06. The molecule has 0 atom stereocenters. The molecule has 4 nitrogen and oxygen atoms in total. The van der Waals surface area contributed by atoms with Gasteiger partial charge in [0.15, 0.2) is 0 Å². The lowest BCUT2D eigenvalue weighted by Gasteiger charge is -2.16. The molecule has 0 spiro atoms. The molecule has 0 aliphatic rings. The van der Waals surface area contributed by atoms with Gasteiger partial charge in [0.1, 0.15) is 0 Å². The molecular formula is C55H33N3O. The molecule has 0 fully saturated rings. The molecule has 0 bridgehead atoms. The first-order valence-electron chi connectivity index (χ1n) is 20.1. The van der Waals surface area contributed by atoms with Crippen LogP contribution in [0.3, 0.4) is 0 Å². The van der Waals surface area contributed by atoms with Crippen LogP contribution in [0.2, 0.25) is 0 Å². The van der Waals surface area contributed by atoms with Crippen LogP contribution in [0.4, 0.5) is 0 Å². The van der Waals surface area contributed by atoms with Gasteiger partial charge in [0.25, 0.3) is 5.56 Å². The Labute approximate surface area is 337 Å². The van der Waals surface area contributed by atoms with Gasteiger partial charge in [-0.05, 0) is 110 Å². The third-order valence-corrected chi connectivity index (χ3v) is 12.6. The monoisotopic (exact) mass is 751 g/mol. The topological polar surface area (TPSA) is 31.9 Å². The van der Waals surface area contributed by atoms with E-state index in [1.165, 1.54) is 37.7 Å². The van der Waals surface area contributed by atoms with E-state index in [1.807, 2.05) is 41.0 Å². The summed E-state index contributed by atoms with van der Waals surface area (Å²) < 4.78 is 6.58. The van der Waals surface area contributed by atoms with Crippen LogP contribution >= 0.6 is 0 Å². The molecule has 0 aliphatic heterocycles. The van der Waals surface area contributed by atoms with E-state index in [9.17, 15) is 0 Å². The van der Waals surface area contributed by atoms with Gasteiger partial charge in [0, 0.05) is 44.0 Å². The van der Waals surface area contributed by atoms with Crippen molar-refractivity contribution >= 4 is 97.6 Å². The van der Waals surface area contributed by atoms with E-state index in [0.29, 0.717) is 5.39 Å². The third-order valence-electron chi connectivity index (χ3n) is 12.6. The summed E-state index contributed by atoms with van der Waals surface area (Å²) in [6.45, 7) is 0. The molecule has 13 aromatic rings. The SMILES string of the molecule is O=c1c2cc3c(cc2c2cc4c5ccccc5n(-c5ccccc5)c4cc2n1-c1ccccc1)c1ccccc1n3-c1ccc2c3ccccc3c3ccccc3c2c1. The first-order valence-corrected chi connectivity index (χ1v) is 20.1. The lowest BCUT2D eigenvalue weighted by atomic mass is 9.94. The molecule has 10 aromatic carbocycles. The summed E-state index contributed by atoms with van der Waals surface area (Å²) >= 11 is 0. The van der Waals surface area contributed by atoms with Crippen molar-refractivity contribution in [2.24, 2.45) is 0 Å². The van der Waals surface area contributed by atoms with Gasteiger partial charge in [-0.25, -0.2) is 0 Å². The van der Waals surface area contributed by atoms with Crippen LogP contribution < -0.4 is 5.56 Å². The maximum absolute atomic E-state index is 15.3. The summed E-state index contributed by atoms with van der Waals surface area (Å²) in [5, 5.41) is 14.7. The number of nitrogens with zero attached hydrogens (tertiary/aromatic N) is 3. The minimum absolute atomic E-state index is 0.0462. The molecule has 3 aromatic heterocycles. The summed E-state index contributed by atoms with van der Waals surface area (Å²) in [6, 6.07) is 71.0. The molecule has 13 rings (SSSR count). The first kappa shape index (κ1) is 32.2. The van der Waals surface area contributed by atoms with E-state index >= 15 is 4.79 Å². The fraction of sp³-hybridized carbons (Fsp3) is 0. The number of hydrogen-bond donors (Lipinski definition) is 0. The van der Waals surface area contributed by atoms with Crippen LogP contribution in [0.1, 0.15) is 0 Å². The molecule has 0 aliphatic carbocycles. The zero-order valence-corrected chi connectivity index (χ0v) is 31.8. The summed E-state index contributed by atoms with van der Waals surface area (Å²) in [7, 11) is 0. The van der Waals surface area contributed by atoms with Gasteiger partial charge in [0.2, 0.25) is 0 Å².